The largest absolute Gasteiger partial charge is 0.391 e. The zero-order chi connectivity index (χ0) is 16.7. The number of hydrogen-bond donors (Lipinski definition) is 0. The fourth-order valence-corrected chi connectivity index (χ4v) is 6.42. The Morgan fingerprint density at radius 2 is 1.78 bits per heavy atom. The van der Waals surface area contributed by atoms with Crippen LogP contribution in [0.4, 0.5) is 0 Å². The van der Waals surface area contributed by atoms with Crippen LogP contribution in [0.3, 0.4) is 0 Å². The monoisotopic (exact) mass is 334 g/mol. The molecule has 2 rings (SSSR count). The highest BCUT2D eigenvalue weighted by Crippen LogP contribution is 2.14. The molecule has 0 aliphatic carbocycles. The molecule has 23 heavy (non-hydrogen) atoms. The molecule has 4 nitrogen and oxygen atoms in total. The molecule has 0 atom stereocenters. The predicted molar refractivity (Wildman–Crippen MR) is 99.1 cm³/mol. The highest BCUT2D eigenvalue weighted by Gasteiger charge is 2.42. The van der Waals surface area contributed by atoms with Gasteiger partial charge < -0.3 is 13.8 Å². The van der Waals surface area contributed by atoms with Crippen LogP contribution in [0.15, 0.2) is 30.8 Å². The molecule has 1 aromatic rings. The maximum atomic E-state index is 6.31. The third kappa shape index (κ3) is 4.75. The molecule has 1 fully saturated rings. The molecule has 0 N–H and O–H groups in total. The van der Waals surface area contributed by atoms with Crippen LogP contribution in [-0.4, -0.2) is 71.0 Å². The van der Waals surface area contributed by atoms with E-state index < -0.39 is 8.56 Å². The molecule has 1 aliphatic rings. The molecule has 1 aliphatic heterocycles. The van der Waals surface area contributed by atoms with Gasteiger partial charge in [-0.1, -0.05) is 36.9 Å². The first-order valence-electron chi connectivity index (χ1n) is 8.55. The van der Waals surface area contributed by atoms with Crippen LogP contribution in [0.5, 0.6) is 0 Å². The van der Waals surface area contributed by atoms with Gasteiger partial charge in [0.1, 0.15) is 0 Å². The van der Waals surface area contributed by atoms with Gasteiger partial charge in [-0.15, -0.1) is 0 Å². The minimum atomic E-state index is -2.47. The lowest BCUT2D eigenvalue weighted by Crippen LogP contribution is -2.63. The quantitative estimate of drug-likeness (QED) is 0.677. The second-order valence-corrected chi connectivity index (χ2v) is 9.00. The van der Waals surface area contributed by atoms with E-state index in [1.54, 1.807) is 0 Å². The molecule has 128 valence electrons. The standard InChI is InChI=1S/C18H30N2O2Si/c1-5-17-9-8-10-18(15-17)23(21-6-2,22-7-3)16-20-13-11-19(4)12-14-20/h5,8-10,15H,1,6-7,11-14,16H2,2-4H3. The lowest BCUT2D eigenvalue weighted by Gasteiger charge is -2.39. The summed E-state index contributed by atoms with van der Waals surface area (Å²) in [5, 5.41) is 1.21. The Balaban J connectivity index is 2.27. The first-order valence-corrected chi connectivity index (χ1v) is 10.6. The van der Waals surface area contributed by atoms with E-state index in [-0.39, 0.29) is 0 Å². The lowest BCUT2D eigenvalue weighted by molar-refractivity contribution is 0.135. The Kier molecular flexibility index (Phi) is 6.99. The summed E-state index contributed by atoms with van der Waals surface area (Å²) in [4.78, 5) is 4.87. The third-order valence-corrected chi connectivity index (χ3v) is 7.91. The molecule has 0 unspecified atom stereocenters. The van der Waals surface area contributed by atoms with Crippen molar-refractivity contribution in [1.29, 1.82) is 0 Å². The summed E-state index contributed by atoms with van der Waals surface area (Å²) in [5.41, 5.74) is 1.12. The summed E-state index contributed by atoms with van der Waals surface area (Å²) in [6, 6.07) is 8.49. The van der Waals surface area contributed by atoms with E-state index >= 15 is 0 Å². The smallest absolute Gasteiger partial charge is 0.387 e. The molecule has 0 spiro atoms. The van der Waals surface area contributed by atoms with E-state index in [1.807, 2.05) is 6.08 Å². The predicted octanol–water partition coefficient (Wildman–Crippen LogP) is 1.84. The van der Waals surface area contributed by atoms with E-state index in [0.717, 1.165) is 37.9 Å². The molecule has 0 saturated carbocycles. The van der Waals surface area contributed by atoms with Gasteiger partial charge >= 0.3 is 8.56 Å². The molecule has 1 heterocycles. The van der Waals surface area contributed by atoms with Crippen LogP contribution < -0.4 is 5.19 Å². The average Bonchev–Trinajstić information content (AvgIpc) is 2.57. The summed E-state index contributed by atoms with van der Waals surface area (Å²) in [7, 11) is -0.288. The molecule has 5 heteroatoms. The van der Waals surface area contributed by atoms with Crippen molar-refractivity contribution in [2.45, 2.75) is 13.8 Å². The van der Waals surface area contributed by atoms with Crippen molar-refractivity contribution in [3.05, 3.63) is 36.4 Å². The summed E-state index contributed by atoms with van der Waals surface area (Å²) in [6.07, 6.45) is 2.78. The highest BCUT2D eigenvalue weighted by molar-refractivity contribution is 6.81. The zero-order valence-corrected chi connectivity index (χ0v) is 15.8. The number of piperazine rings is 1. The van der Waals surface area contributed by atoms with Gasteiger partial charge in [0.15, 0.2) is 0 Å². The Bertz CT molecular complexity index is 496. The highest BCUT2D eigenvalue weighted by atomic mass is 28.4. The number of benzene rings is 1. The van der Waals surface area contributed by atoms with Gasteiger partial charge in [-0.3, -0.25) is 4.90 Å². The van der Waals surface area contributed by atoms with Crippen molar-refractivity contribution in [2.24, 2.45) is 0 Å². The molecular weight excluding hydrogens is 304 g/mol. The first-order chi connectivity index (χ1) is 11.1. The normalized spacial score (nSPS) is 17.3. The molecule has 0 amide bonds. The third-order valence-electron chi connectivity index (χ3n) is 4.34. The van der Waals surface area contributed by atoms with E-state index in [4.69, 9.17) is 8.85 Å². The molecule has 0 aromatic heterocycles. The second-order valence-electron chi connectivity index (χ2n) is 6.03. The van der Waals surface area contributed by atoms with Crippen LogP contribution >= 0.6 is 0 Å². The van der Waals surface area contributed by atoms with E-state index in [1.165, 1.54) is 5.19 Å². The Labute approximate surface area is 141 Å². The van der Waals surface area contributed by atoms with Crippen molar-refractivity contribution in [3.63, 3.8) is 0 Å². The second kappa shape index (κ2) is 8.75. The van der Waals surface area contributed by atoms with Crippen LogP contribution in [0.1, 0.15) is 19.4 Å². The Morgan fingerprint density at radius 1 is 1.13 bits per heavy atom. The lowest BCUT2D eigenvalue weighted by atomic mass is 10.2. The van der Waals surface area contributed by atoms with Gasteiger partial charge in [0.05, 0.1) is 0 Å². The minimum Gasteiger partial charge on any atom is -0.391 e. The maximum absolute atomic E-state index is 6.31. The molecular formula is C18H30N2O2Si. The van der Waals surface area contributed by atoms with Crippen LogP contribution in [0.2, 0.25) is 0 Å². The fourth-order valence-electron chi connectivity index (χ4n) is 3.06. The van der Waals surface area contributed by atoms with Crippen LogP contribution in [0, 0.1) is 0 Å². The first kappa shape index (κ1) is 18.4. The number of likely N-dealkylation sites (N-methyl/N-ethyl adjacent to an activating group) is 1. The van der Waals surface area contributed by atoms with E-state index in [9.17, 15) is 0 Å². The topological polar surface area (TPSA) is 24.9 Å². The van der Waals surface area contributed by atoms with Crippen molar-refractivity contribution < 1.29 is 8.85 Å². The van der Waals surface area contributed by atoms with Crippen LogP contribution in [0.25, 0.3) is 6.08 Å². The van der Waals surface area contributed by atoms with Gasteiger partial charge in [0.2, 0.25) is 0 Å². The minimum absolute atomic E-state index is 0.679. The SMILES string of the molecule is C=Cc1cccc([Si](CN2CCN(C)CC2)(OCC)OCC)c1. The van der Waals surface area contributed by atoms with Crippen molar-refractivity contribution in [2.75, 3.05) is 52.6 Å². The van der Waals surface area contributed by atoms with Crippen LogP contribution in [-0.2, 0) is 8.85 Å². The molecule has 0 radical (unpaired) electrons. The Hall–Kier alpha value is -0.983. The fraction of sp³-hybridized carbons (Fsp3) is 0.556. The Morgan fingerprint density at radius 3 is 2.35 bits per heavy atom. The summed E-state index contributed by atoms with van der Waals surface area (Å²) in [5.74, 6) is 0. The number of nitrogens with zero attached hydrogens (tertiary/aromatic N) is 2. The van der Waals surface area contributed by atoms with Crippen molar-refractivity contribution in [1.82, 2.24) is 9.80 Å². The molecule has 1 aromatic carbocycles. The summed E-state index contributed by atoms with van der Waals surface area (Å²) in [6.45, 7) is 13.7. The van der Waals surface area contributed by atoms with Crippen molar-refractivity contribution in [3.8, 4) is 0 Å². The average molecular weight is 335 g/mol. The van der Waals surface area contributed by atoms with Gasteiger partial charge in [-0.25, -0.2) is 0 Å². The van der Waals surface area contributed by atoms with Gasteiger partial charge in [0.25, 0.3) is 0 Å². The number of rotatable bonds is 8. The van der Waals surface area contributed by atoms with Gasteiger partial charge in [0, 0.05) is 45.6 Å². The zero-order valence-electron chi connectivity index (χ0n) is 14.8. The summed E-state index contributed by atoms with van der Waals surface area (Å²) < 4.78 is 12.6. The molecule has 0 bridgehead atoms. The summed E-state index contributed by atoms with van der Waals surface area (Å²) >= 11 is 0. The van der Waals surface area contributed by atoms with Gasteiger partial charge in [-0.05, 0) is 31.6 Å². The van der Waals surface area contributed by atoms with E-state index in [2.05, 4.69) is 61.5 Å². The molecule has 1 saturated heterocycles. The maximum Gasteiger partial charge on any atom is 0.387 e. The van der Waals surface area contributed by atoms with Gasteiger partial charge in [-0.2, -0.15) is 0 Å². The van der Waals surface area contributed by atoms with Crippen molar-refractivity contribution >= 4 is 19.8 Å². The van der Waals surface area contributed by atoms with E-state index in [0.29, 0.717) is 13.2 Å². The number of hydrogen-bond acceptors (Lipinski definition) is 4.